The summed E-state index contributed by atoms with van der Waals surface area (Å²) in [5.41, 5.74) is 6.11. The monoisotopic (exact) mass is 281 g/mol. The van der Waals surface area contributed by atoms with Gasteiger partial charge in [-0.3, -0.25) is 9.69 Å². The minimum absolute atomic E-state index is 0.107. The van der Waals surface area contributed by atoms with Gasteiger partial charge < -0.3 is 10.6 Å². The molecule has 2 N–H and O–H groups in total. The van der Waals surface area contributed by atoms with E-state index in [0.29, 0.717) is 18.9 Å². The molecule has 1 aliphatic heterocycles. The number of carbonyl (C=O) groups excluding carboxylic acids is 1. The van der Waals surface area contributed by atoms with Gasteiger partial charge in [0.1, 0.15) is 0 Å². The molecule has 0 aromatic heterocycles. The van der Waals surface area contributed by atoms with E-state index < -0.39 is 0 Å². The van der Waals surface area contributed by atoms with E-state index in [1.807, 2.05) is 0 Å². The average Bonchev–Trinajstić information content (AvgIpc) is 2.49. The molecule has 0 radical (unpaired) electrons. The van der Waals surface area contributed by atoms with Crippen LogP contribution >= 0.6 is 0 Å². The van der Waals surface area contributed by atoms with Crippen molar-refractivity contribution in [1.82, 2.24) is 9.80 Å². The van der Waals surface area contributed by atoms with Crippen LogP contribution in [0, 0.1) is 5.41 Å². The predicted molar refractivity (Wildman–Crippen MR) is 82.5 cm³/mol. The summed E-state index contributed by atoms with van der Waals surface area (Å²) < 4.78 is 0. The summed E-state index contributed by atoms with van der Waals surface area (Å²) in [6.45, 7) is 7.93. The first kappa shape index (κ1) is 15.8. The Hall–Kier alpha value is -0.610. The first-order valence-electron chi connectivity index (χ1n) is 8.39. The van der Waals surface area contributed by atoms with Crippen molar-refractivity contribution >= 4 is 5.91 Å². The van der Waals surface area contributed by atoms with E-state index >= 15 is 0 Å². The number of nitrogens with two attached hydrogens (primary N) is 1. The highest BCUT2D eigenvalue weighted by molar-refractivity contribution is 5.77. The van der Waals surface area contributed by atoms with Gasteiger partial charge in [0.25, 0.3) is 0 Å². The lowest BCUT2D eigenvalue weighted by Crippen LogP contribution is -2.50. The number of amides is 1. The van der Waals surface area contributed by atoms with E-state index in [0.717, 1.165) is 45.6 Å². The molecule has 1 saturated carbocycles. The molecule has 4 nitrogen and oxygen atoms in total. The highest BCUT2D eigenvalue weighted by atomic mass is 16.2. The fourth-order valence-corrected chi connectivity index (χ4v) is 3.72. The van der Waals surface area contributed by atoms with Crippen molar-refractivity contribution in [1.29, 1.82) is 0 Å². The van der Waals surface area contributed by atoms with Crippen LogP contribution in [-0.2, 0) is 4.79 Å². The van der Waals surface area contributed by atoms with Crippen LogP contribution in [0.2, 0.25) is 0 Å². The molecule has 2 rings (SSSR count). The lowest BCUT2D eigenvalue weighted by atomic mass is 9.71. The van der Waals surface area contributed by atoms with Gasteiger partial charge >= 0.3 is 0 Å². The van der Waals surface area contributed by atoms with Gasteiger partial charge in [0.15, 0.2) is 0 Å². The average molecular weight is 281 g/mol. The van der Waals surface area contributed by atoms with Gasteiger partial charge in [0.05, 0.1) is 0 Å². The molecule has 1 amide bonds. The maximum absolute atomic E-state index is 12.5. The number of hydrogen-bond acceptors (Lipinski definition) is 3. The van der Waals surface area contributed by atoms with Gasteiger partial charge in [0.2, 0.25) is 5.91 Å². The van der Waals surface area contributed by atoms with E-state index in [4.69, 9.17) is 5.73 Å². The van der Waals surface area contributed by atoms with Crippen LogP contribution in [0.5, 0.6) is 0 Å². The van der Waals surface area contributed by atoms with E-state index in [1.54, 1.807) is 0 Å². The van der Waals surface area contributed by atoms with Crippen molar-refractivity contribution in [2.45, 2.75) is 51.9 Å². The summed E-state index contributed by atoms with van der Waals surface area (Å²) >= 11 is 0. The number of carbonyl (C=O) groups is 1. The molecular weight excluding hydrogens is 250 g/mol. The molecule has 116 valence electrons. The van der Waals surface area contributed by atoms with E-state index in [-0.39, 0.29) is 5.41 Å². The largest absolute Gasteiger partial charge is 0.340 e. The van der Waals surface area contributed by atoms with Crippen LogP contribution in [0.15, 0.2) is 0 Å². The Morgan fingerprint density at radius 1 is 1.10 bits per heavy atom. The number of nitrogens with zero attached hydrogens (tertiary/aromatic N) is 2. The number of hydrogen-bond donors (Lipinski definition) is 1. The zero-order chi connectivity index (χ0) is 14.4. The van der Waals surface area contributed by atoms with Crippen LogP contribution in [0.25, 0.3) is 0 Å². The summed E-state index contributed by atoms with van der Waals surface area (Å²) in [7, 11) is 0. The number of piperazine rings is 1. The lowest BCUT2D eigenvalue weighted by molar-refractivity contribution is -0.136. The predicted octanol–water partition coefficient (Wildman–Crippen LogP) is 1.84. The summed E-state index contributed by atoms with van der Waals surface area (Å²) in [6.07, 6.45) is 7.97. The molecule has 1 saturated heterocycles. The summed E-state index contributed by atoms with van der Waals surface area (Å²) in [4.78, 5) is 17.1. The smallest absolute Gasteiger partial charge is 0.223 e. The molecule has 2 aliphatic rings. The first-order valence-corrected chi connectivity index (χ1v) is 8.39. The highest BCUT2D eigenvalue weighted by Crippen LogP contribution is 2.38. The highest BCUT2D eigenvalue weighted by Gasteiger charge is 2.34. The second-order valence-corrected chi connectivity index (χ2v) is 6.66. The Bertz CT molecular complexity index is 305. The molecular formula is C16H31N3O. The van der Waals surface area contributed by atoms with Crippen molar-refractivity contribution in [2.75, 3.05) is 39.3 Å². The third-order valence-corrected chi connectivity index (χ3v) is 5.14. The Labute approximate surface area is 123 Å². The molecule has 0 unspecified atom stereocenters. The van der Waals surface area contributed by atoms with Crippen molar-refractivity contribution in [3.63, 3.8) is 0 Å². The Morgan fingerprint density at radius 2 is 1.75 bits per heavy atom. The van der Waals surface area contributed by atoms with Gasteiger partial charge in [-0.15, -0.1) is 0 Å². The molecule has 0 bridgehead atoms. The molecule has 0 aromatic carbocycles. The molecule has 4 heteroatoms. The third-order valence-electron chi connectivity index (χ3n) is 5.14. The maximum Gasteiger partial charge on any atom is 0.223 e. The Balaban J connectivity index is 1.82. The number of rotatable bonds is 5. The standard InChI is InChI=1S/C16H31N3O/c1-2-8-18-9-11-19(12-10-18)15(20)13-16(14-17)6-4-3-5-7-16/h2-14,17H2,1H3. The van der Waals surface area contributed by atoms with Crippen molar-refractivity contribution in [3.8, 4) is 0 Å². The van der Waals surface area contributed by atoms with Gasteiger partial charge in [0, 0.05) is 32.6 Å². The van der Waals surface area contributed by atoms with Crippen LogP contribution < -0.4 is 5.73 Å². The maximum atomic E-state index is 12.5. The van der Waals surface area contributed by atoms with Crippen LogP contribution in [0.4, 0.5) is 0 Å². The van der Waals surface area contributed by atoms with Crippen LogP contribution in [-0.4, -0.2) is 55.0 Å². The molecule has 0 aromatic rings. The normalized spacial score (nSPS) is 23.8. The van der Waals surface area contributed by atoms with Crippen LogP contribution in [0.1, 0.15) is 51.9 Å². The van der Waals surface area contributed by atoms with Crippen molar-refractivity contribution in [2.24, 2.45) is 11.1 Å². The first-order chi connectivity index (χ1) is 9.69. The fourth-order valence-electron chi connectivity index (χ4n) is 3.72. The van der Waals surface area contributed by atoms with Gasteiger partial charge in [-0.25, -0.2) is 0 Å². The molecule has 0 spiro atoms. The summed E-state index contributed by atoms with van der Waals surface area (Å²) in [5.74, 6) is 0.341. The Morgan fingerprint density at radius 3 is 2.30 bits per heavy atom. The van der Waals surface area contributed by atoms with Gasteiger partial charge in [-0.05, 0) is 37.8 Å². The van der Waals surface area contributed by atoms with Crippen molar-refractivity contribution in [3.05, 3.63) is 0 Å². The zero-order valence-corrected chi connectivity index (χ0v) is 13.1. The topological polar surface area (TPSA) is 49.6 Å². The SMILES string of the molecule is CCCN1CCN(C(=O)CC2(CN)CCCCC2)CC1. The summed E-state index contributed by atoms with van der Waals surface area (Å²) in [6, 6.07) is 0. The Kier molecular flexibility index (Phi) is 5.85. The van der Waals surface area contributed by atoms with E-state index in [1.165, 1.54) is 25.7 Å². The molecule has 1 aliphatic carbocycles. The van der Waals surface area contributed by atoms with E-state index in [9.17, 15) is 4.79 Å². The minimum atomic E-state index is 0.107. The van der Waals surface area contributed by atoms with Crippen molar-refractivity contribution < 1.29 is 4.79 Å². The van der Waals surface area contributed by atoms with Gasteiger partial charge in [-0.2, -0.15) is 0 Å². The molecule has 20 heavy (non-hydrogen) atoms. The van der Waals surface area contributed by atoms with Crippen LogP contribution in [0.3, 0.4) is 0 Å². The molecule has 0 atom stereocenters. The fraction of sp³-hybridized carbons (Fsp3) is 0.938. The zero-order valence-electron chi connectivity index (χ0n) is 13.1. The van der Waals surface area contributed by atoms with Gasteiger partial charge in [-0.1, -0.05) is 26.2 Å². The summed E-state index contributed by atoms with van der Waals surface area (Å²) in [5, 5.41) is 0. The van der Waals surface area contributed by atoms with E-state index in [2.05, 4.69) is 16.7 Å². The molecule has 2 fully saturated rings. The second-order valence-electron chi connectivity index (χ2n) is 6.66. The quantitative estimate of drug-likeness (QED) is 0.836. The lowest BCUT2D eigenvalue weighted by Gasteiger charge is -2.39. The molecule has 1 heterocycles. The minimum Gasteiger partial charge on any atom is -0.340 e. The third kappa shape index (κ3) is 3.95. The second kappa shape index (κ2) is 7.41.